The van der Waals surface area contributed by atoms with Gasteiger partial charge in [-0.05, 0) is 30.7 Å². The first-order chi connectivity index (χ1) is 9.74. The Bertz CT molecular complexity index is 643. The summed E-state index contributed by atoms with van der Waals surface area (Å²) in [5, 5.41) is 6.41. The van der Waals surface area contributed by atoms with Crippen molar-refractivity contribution in [1.82, 2.24) is 10.2 Å². The van der Waals surface area contributed by atoms with Crippen LogP contribution in [-0.4, -0.2) is 36.5 Å². The van der Waals surface area contributed by atoms with Gasteiger partial charge in [0, 0.05) is 18.8 Å². The van der Waals surface area contributed by atoms with Gasteiger partial charge >= 0.3 is 0 Å². The van der Waals surface area contributed by atoms with Crippen molar-refractivity contribution >= 4 is 5.69 Å². The summed E-state index contributed by atoms with van der Waals surface area (Å²) in [6.45, 7) is 5.22. The minimum Gasteiger partial charge on any atom is -0.378 e. The summed E-state index contributed by atoms with van der Waals surface area (Å²) in [5.74, 6) is 0. The van der Waals surface area contributed by atoms with Crippen molar-refractivity contribution in [2.75, 3.05) is 31.2 Å². The molecule has 0 radical (unpaired) electrons. The first-order valence-electron chi connectivity index (χ1n) is 6.73. The van der Waals surface area contributed by atoms with Crippen LogP contribution in [0.4, 0.5) is 5.69 Å². The van der Waals surface area contributed by atoms with E-state index < -0.39 is 0 Å². The Labute approximate surface area is 117 Å². The Balaban J connectivity index is 1.89. The molecule has 2 aromatic rings. The Morgan fingerprint density at radius 2 is 1.90 bits per heavy atom. The van der Waals surface area contributed by atoms with Gasteiger partial charge in [0.2, 0.25) is 0 Å². The van der Waals surface area contributed by atoms with E-state index in [1.54, 1.807) is 0 Å². The van der Waals surface area contributed by atoms with Gasteiger partial charge in [-0.2, -0.15) is 5.10 Å². The lowest BCUT2D eigenvalue weighted by atomic mass is 10.1. The van der Waals surface area contributed by atoms with Gasteiger partial charge in [0.05, 0.1) is 24.5 Å². The van der Waals surface area contributed by atoms with E-state index in [9.17, 15) is 4.79 Å². The van der Waals surface area contributed by atoms with Crippen LogP contribution in [0.3, 0.4) is 0 Å². The van der Waals surface area contributed by atoms with Crippen LogP contribution in [0.5, 0.6) is 0 Å². The van der Waals surface area contributed by atoms with Gasteiger partial charge in [-0.15, -0.1) is 0 Å². The molecule has 1 aliphatic rings. The normalized spacial score (nSPS) is 15.3. The van der Waals surface area contributed by atoms with Crippen molar-refractivity contribution in [1.29, 1.82) is 0 Å². The zero-order valence-corrected chi connectivity index (χ0v) is 11.4. The number of rotatable bonds is 2. The van der Waals surface area contributed by atoms with Crippen LogP contribution >= 0.6 is 0 Å². The Morgan fingerprint density at radius 3 is 2.60 bits per heavy atom. The first-order valence-corrected chi connectivity index (χ1v) is 6.73. The lowest BCUT2D eigenvalue weighted by molar-refractivity contribution is 0.122. The number of aromatic nitrogens is 2. The van der Waals surface area contributed by atoms with Crippen LogP contribution in [0.15, 0.2) is 35.1 Å². The third kappa shape index (κ3) is 2.58. The molecule has 104 valence electrons. The fraction of sp³-hybridized carbons (Fsp3) is 0.333. The SMILES string of the molecule is Cc1cc(-c2ccc(N3CCOCC3)cc2)c(=O)[nH]n1. The fourth-order valence-electron chi connectivity index (χ4n) is 2.39. The van der Waals surface area contributed by atoms with Crippen molar-refractivity contribution in [3.63, 3.8) is 0 Å². The van der Waals surface area contributed by atoms with Gasteiger partial charge in [-0.1, -0.05) is 12.1 Å². The lowest BCUT2D eigenvalue weighted by Crippen LogP contribution is -2.36. The number of ether oxygens (including phenoxy) is 1. The molecule has 1 aliphatic heterocycles. The smallest absolute Gasteiger partial charge is 0.272 e. The second kappa shape index (κ2) is 5.46. The molecule has 0 unspecified atom stereocenters. The van der Waals surface area contributed by atoms with Gasteiger partial charge in [-0.25, -0.2) is 5.10 Å². The number of aryl methyl sites for hydroxylation is 1. The Hall–Kier alpha value is -2.14. The molecule has 0 amide bonds. The molecule has 1 aromatic carbocycles. The van der Waals surface area contributed by atoms with E-state index in [-0.39, 0.29) is 5.56 Å². The molecule has 1 N–H and O–H groups in total. The standard InChI is InChI=1S/C15H17N3O2/c1-11-10-14(15(19)17-16-11)12-2-4-13(5-3-12)18-6-8-20-9-7-18/h2-5,10H,6-9H2,1H3,(H,17,19). The average molecular weight is 271 g/mol. The zero-order valence-electron chi connectivity index (χ0n) is 11.4. The van der Waals surface area contributed by atoms with Crippen molar-refractivity contribution in [3.05, 3.63) is 46.4 Å². The number of aromatic amines is 1. The third-order valence-corrected chi connectivity index (χ3v) is 3.49. The number of benzene rings is 1. The van der Waals surface area contributed by atoms with Crippen molar-refractivity contribution in [2.45, 2.75) is 6.92 Å². The number of hydrogen-bond donors (Lipinski definition) is 1. The average Bonchev–Trinajstić information content (AvgIpc) is 2.51. The molecule has 1 aromatic heterocycles. The number of H-pyrrole nitrogens is 1. The van der Waals surface area contributed by atoms with E-state index >= 15 is 0 Å². The van der Waals surface area contributed by atoms with Crippen LogP contribution in [-0.2, 0) is 4.74 Å². The van der Waals surface area contributed by atoms with Crippen molar-refractivity contribution < 1.29 is 4.74 Å². The summed E-state index contributed by atoms with van der Waals surface area (Å²) < 4.78 is 5.35. The largest absolute Gasteiger partial charge is 0.378 e. The number of nitrogens with one attached hydrogen (secondary N) is 1. The molecular weight excluding hydrogens is 254 g/mol. The molecule has 20 heavy (non-hydrogen) atoms. The highest BCUT2D eigenvalue weighted by Crippen LogP contribution is 2.21. The maximum atomic E-state index is 11.8. The van der Waals surface area contributed by atoms with Crippen LogP contribution in [0.1, 0.15) is 5.69 Å². The van der Waals surface area contributed by atoms with Crippen molar-refractivity contribution in [2.24, 2.45) is 0 Å². The monoisotopic (exact) mass is 271 g/mol. The summed E-state index contributed by atoms with van der Waals surface area (Å²) in [6.07, 6.45) is 0. The highest BCUT2D eigenvalue weighted by Gasteiger charge is 2.11. The quantitative estimate of drug-likeness (QED) is 0.901. The van der Waals surface area contributed by atoms with Crippen molar-refractivity contribution in [3.8, 4) is 11.1 Å². The molecule has 1 saturated heterocycles. The maximum Gasteiger partial charge on any atom is 0.272 e. The summed E-state index contributed by atoms with van der Waals surface area (Å²) >= 11 is 0. The molecule has 2 heterocycles. The molecule has 1 fully saturated rings. The van der Waals surface area contributed by atoms with E-state index in [2.05, 4.69) is 27.2 Å². The van der Waals surface area contributed by atoms with Crippen LogP contribution in [0.25, 0.3) is 11.1 Å². The van der Waals surface area contributed by atoms with Gasteiger partial charge in [-0.3, -0.25) is 4.79 Å². The topological polar surface area (TPSA) is 58.2 Å². The third-order valence-electron chi connectivity index (χ3n) is 3.49. The molecule has 5 heteroatoms. The van der Waals surface area contributed by atoms with Crippen LogP contribution < -0.4 is 10.5 Å². The van der Waals surface area contributed by atoms with E-state index in [1.165, 1.54) is 5.69 Å². The Morgan fingerprint density at radius 1 is 1.20 bits per heavy atom. The number of nitrogens with zero attached hydrogens (tertiary/aromatic N) is 2. The predicted octanol–water partition coefficient (Wildman–Crippen LogP) is 1.58. The molecule has 0 spiro atoms. The molecule has 0 aliphatic carbocycles. The van der Waals surface area contributed by atoms with E-state index in [0.29, 0.717) is 5.56 Å². The summed E-state index contributed by atoms with van der Waals surface area (Å²) in [6, 6.07) is 9.87. The van der Waals surface area contributed by atoms with Gasteiger partial charge in [0.25, 0.3) is 5.56 Å². The maximum absolute atomic E-state index is 11.8. The summed E-state index contributed by atoms with van der Waals surface area (Å²) in [4.78, 5) is 14.1. The summed E-state index contributed by atoms with van der Waals surface area (Å²) in [7, 11) is 0. The molecular formula is C15H17N3O2. The molecule has 0 saturated carbocycles. The number of hydrogen-bond acceptors (Lipinski definition) is 4. The Kier molecular flexibility index (Phi) is 3.52. The lowest BCUT2D eigenvalue weighted by Gasteiger charge is -2.28. The van der Waals surface area contributed by atoms with E-state index in [0.717, 1.165) is 37.6 Å². The first kappa shape index (κ1) is 12.9. The molecule has 5 nitrogen and oxygen atoms in total. The molecule has 3 rings (SSSR count). The summed E-state index contributed by atoms with van der Waals surface area (Å²) in [5.41, 5.74) is 3.38. The zero-order chi connectivity index (χ0) is 13.9. The highest BCUT2D eigenvalue weighted by atomic mass is 16.5. The minimum absolute atomic E-state index is 0.158. The highest BCUT2D eigenvalue weighted by molar-refractivity contribution is 5.65. The fourth-order valence-corrected chi connectivity index (χ4v) is 2.39. The second-order valence-electron chi connectivity index (χ2n) is 4.90. The van der Waals surface area contributed by atoms with Gasteiger partial charge in [0.1, 0.15) is 0 Å². The molecule has 0 bridgehead atoms. The minimum atomic E-state index is -0.158. The van der Waals surface area contributed by atoms with Crippen LogP contribution in [0, 0.1) is 6.92 Å². The molecule has 0 atom stereocenters. The van der Waals surface area contributed by atoms with E-state index in [4.69, 9.17) is 4.74 Å². The number of morpholine rings is 1. The van der Waals surface area contributed by atoms with Gasteiger partial charge in [0.15, 0.2) is 0 Å². The number of anilines is 1. The van der Waals surface area contributed by atoms with Gasteiger partial charge < -0.3 is 9.64 Å². The van der Waals surface area contributed by atoms with Crippen LogP contribution in [0.2, 0.25) is 0 Å². The van der Waals surface area contributed by atoms with E-state index in [1.807, 2.05) is 25.1 Å². The predicted molar refractivity (Wildman–Crippen MR) is 78.1 cm³/mol. The second-order valence-corrected chi connectivity index (χ2v) is 4.90.